The van der Waals surface area contributed by atoms with Gasteiger partial charge in [-0.2, -0.15) is 10.5 Å². The van der Waals surface area contributed by atoms with Crippen LogP contribution >= 0.6 is 0 Å². The molecule has 0 aromatic carbocycles. The lowest BCUT2D eigenvalue weighted by Gasteiger charge is -2.15. The predicted molar refractivity (Wildman–Crippen MR) is 47.9 cm³/mol. The SMILES string of the molecule is N#CCCOC(CCO)OCCC#N. The van der Waals surface area contributed by atoms with Crippen molar-refractivity contribution >= 4 is 0 Å². The normalized spacial score (nSPS) is 9.71. The number of aliphatic hydroxyl groups excluding tert-OH is 1. The molecular weight excluding hydrogens is 184 g/mol. The Morgan fingerprint density at radius 1 is 1.07 bits per heavy atom. The molecule has 78 valence electrons. The summed E-state index contributed by atoms with van der Waals surface area (Å²) in [6.07, 6.45) is 0.436. The van der Waals surface area contributed by atoms with Crippen LogP contribution in [-0.2, 0) is 9.47 Å². The molecule has 0 unspecified atom stereocenters. The number of nitrogens with zero attached hydrogens (tertiary/aromatic N) is 2. The van der Waals surface area contributed by atoms with E-state index in [1.165, 1.54) is 0 Å². The van der Waals surface area contributed by atoms with Gasteiger partial charge in [-0.3, -0.25) is 0 Å². The number of nitriles is 2. The Labute approximate surface area is 83.5 Å². The Kier molecular flexibility index (Phi) is 9.13. The molecule has 0 atom stereocenters. The van der Waals surface area contributed by atoms with Crippen LogP contribution in [0.1, 0.15) is 19.3 Å². The second-order valence-corrected chi connectivity index (χ2v) is 2.50. The summed E-state index contributed by atoms with van der Waals surface area (Å²) >= 11 is 0. The van der Waals surface area contributed by atoms with Gasteiger partial charge in [-0.1, -0.05) is 0 Å². The minimum atomic E-state index is -0.512. The molecule has 0 bridgehead atoms. The van der Waals surface area contributed by atoms with E-state index in [0.29, 0.717) is 19.3 Å². The summed E-state index contributed by atoms with van der Waals surface area (Å²) in [5.41, 5.74) is 0. The maximum atomic E-state index is 8.66. The van der Waals surface area contributed by atoms with Crippen molar-refractivity contribution in [1.82, 2.24) is 0 Å². The van der Waals surface area contributed by atoms with Crippen molar-refractivity contribution in [3.05, 3.63) is 0 Å². The zero-order valence-corrected chi connectivity index (χ0v) is 7.98. The highest BCUT2D eigenvalue weighted by Gasteiger charge is 2.07. The van der Waals surface area contributed by atoms with Gasteiger partial charge in [0.05, 0.1) is 38.2 Å². The molecule has 5 nitrogen and oxygen atoms in total. The third-order valence-electron chi connectivity index (χ3n) is 1.40. The van der Waals surface area contributed by atoms with E-state index < -0.39 is 6.29 Å². The Morgan fingerprint density at radius 3 is 1.93 bits per heavy atom. The zero-order valence-electron chi connectivity index (χ0n) is 7.98. The molecule has 0 rings (SSSR count). The molecule has 14 heavy (non-hydrogen) atoms. The summed E-state index contributed by atoms with van der Waals surface area (Å²) in [5, 5.41) is 25.2. The molecule has 0 saturated carbocycles. The molecule has 0 spiro atoms. The molecule has 0 aromatic rings. The fraction of sp³-hybridized carbons (Fsp3) is 0.778. The van der Waals surface area contributed by atoms with Crippen molar-refractivity contribution < 1.29 is 14.6 Å². The van der Waals surface area contributed by atoms with Crippen LogP contribution in [0, 0.1) is 22.7 Å². The molecule has 0 saturated heterocycles. The Balaban J connectivity index is 3.56. The van der Waals surface area contributed by atoms with Gasteiger partial charge in [-0.25, -0.2) is 0 Å². The molecule has 0 radical (unpaired) electrons. The summed E-state index contributed by atoms with van der Waals surface area (Å²) in [6, 6.07) is 3.87. The van der Waals surface area contributed by atoms with Gasteiger partial charge in [0.15, 0.2) is 6.29 Å². The third kappa shape index (κ3) is 7.51. The van der Waals surface area contributed by atoms with Crippen molar-refractivity contribution in [3.8, 4) is 12.1 Å². The fourth-order valence-corrected chi connectivity index (χ4v) is 0.792. The summed E-state index contributed by atoms with van der Waals surface area (Å²) in [6.45, 7) is 0.533. The minimum Gasteiger partial charge on any atom is -0.396 e. The van der Waals surface area contributed by atoms with Crippen LogP contribution in [0.25, 0.3) is 0 Å². The third-order valence-corrected chi connectivity index (χ3v) is 1.40. The van der Waals surface area contributed by atoms with Crippen LogP contribution in [0.15, 0.2) is 0 Å². The average molecular weight is 198 g/mol. The molecule has 0 amide bonds. The predicted octanol–water partition coefficient (Wildman–Crippen LogP) is 0.555. The maximum Gasteiger partial charge on any atom is 0.159 e. The van der Waals surface area contributed by atoms with Crippen molar-refractivity contribution in [2.45, 2.75) is 25.6 Å². The summed E-state index contributed by atoms with van der Waals surface area (Å²) in [4.78, 5) is 0. The minimum absolute atomic E-state index is 0.0379. The fourth-order valence-electron chi connectivity index (χ4n) is 0.792. The first-order valence-electron chi connectivity index (χ1n) is 4.43. The lowest BCUT2D eigenvalue weighted by molar-refractivity contribution is -0.147. The van der Waals surface area contributed by atoms with Crippen molar-refractivity contribution in [3.63, 3.8) is 0 Å². The first kappa shape index (κ1) is 12.9. The summed E-state index contributed by atoms with van der Waals surface area (Å²) in [5.74, 6) is 0. The summed E-state index contributed by atoms with van der Waals surface area (Å²) in [7, 11) is 0. The molecule has 0 heterocycles. The topological polar surface area (TPSA) is 86.3 Å². The second kappa shape index (κ2) is 9.94. The van der Waals surface area contributed by atoms with Crippen molar-refractivity contribution in [2.75, 3.05) is 19.8 Å². The highest BCUT2D eigenvalue weighted by molar-refractivity contribution is 4.68. The molecule has 5 heteroatoms. The summed E-state index contributed by atoms with van der Waals surface area (Å²) < 4.78 is 10.3. The number of hydrogen-bond donors (Lipinski definition) is 1. The van der Waals surface area contributed by atoms with Crippen LogP contribution < -0.4 is 0 Å². The average Bonchev–Trinajstić information content (AvgIpc) is 2.18. The Bertz CT molecular complexity index is 187. The first-order valence-corrected chi connectivity index (χ1v) is 4.43. The van der Waals surface area contributed by atoms with Crippen molar-refractivity contribution in [1.29, 1.82) is 10.5 Å². The van der Waals surface area contributed by atoms with Crippen LogP contribution in [0.5, 0.6) is 0 Å². The van der Waals surface area contributed by atoms with Gasteiger partial charge in [-0.05, 0) is 0 Å². The van der Waals surface area contributed by atoms with Gasteiger partial charge in [0.1, 0.15) is 0 Å². The highest BCUT2D eigenvalue weighted by Crippen LogP contribution is 2.01. The monoisotopic (exact) mass is 198 g/mol. The van der Waals surface area contributed by atoms with Crippen molar-refractivity contribution in [2.24, 2.45) is 0 Å². The maximum absolute atomic E-state index is 8.66. The van der Waals surface area contributed by atoms with Gasteiger partial charge < -0.3 is 14.6 Å². The highest BCUT2D eigenvalue weighted by atomic mass is 16.7. The van der Waals surface area contributed by atoms with Gasteiger partial charge in [0.25, 0.3) is 0 Å². The number of hydrogen-bond acceptors (Lipinski definition) is 5. The second-order valence-electron chi connectivity index (χ2n) is 2.50. The van der Waals surface area contributed by atoms with E-state index in [2.05, 4.69) is 0 Å². The van der Waals surface area contributed by atoms with Crippen LogP contribution in [-0.4, -0.2) is 31.2 Å². The number of aliphatic hydroxyl groups is 1. The standard InChI is InChI=1S/C9H14N2O3/c10-4-1-7-13-9(3-6-12)14-8-2-5-11/h9,12H,1-3,6-8H2. The molecular formula is C9H14N2O3. The number of ether oxygens (including phenoxy) is 2. The van der Waals surface area contributed by atoms with E-state index in [1.807, 2.05) is 12.1 Å². The lowest BCUT2D eigenvalue weighted by atomic mass is 10.4. The Hall–Kier alpha value is -1.14. The molecule has 0 aliphatic carbocycles. The van der Waals surface area contributed by atoms with Gasteiger partial charge in [-0.15, -0.1) is 0 Å². The molecule has 0 fully saturated rings. The lowest BCUT2D eigenvalue weighted by Crippen LogP contribution is -2.20. The molecule has 1 N–H and O–H groups in total. The zero-order chi connectivity index (χ0) is 10.6. The largest absolute Gasteiger partial charge is 0.396 e. The van der Waals surface area contributed by atoms with E-state index in [-0.39, 0.29) is 19.8 Å². The van der Waals surface area contributed by atoms with Gasteiger partial charge >= 0.3 is 0 Å². The number of rotatable bonds is 8. The molecule has 0 aromatic heterocycles. The van der Waals surface area contributed by atoms with E-state index in [0.717, 1.165) is 0 Å². The van der Waals surface area contributed by atoms with Gasteiger partial charge in [0, 0.05) is 13.0 Å². The van der Waals surface area contributed by atoms with Crippen LogP contribution in [0.2, 0.25) is 0 Å². The van der Waals surface area contributed by atoms with E-state index in [1.54, 1.807) is 0 Å². The van der Waals surface area contributed by atoms with E-state index in [4.69, 9.17) is 25.1 Å². The van der Waals surface area contributed by atoms with Gasteiger partial charge in [0.2, 0.25) is 0 Å². The smallest absolute Gasteiger partial charge is 0.159 e. The van der Waals surface area contributed by atoms with Crippen LogP contribution in [0.3, 0.4) is 0 Å². The Morgan fingerprint density at radius 2 is 1.57 bits per heavy atom. The quantitative estimate of drug-likeness (QED) is 0.454. The molecule has 0 aliphatic heterocycles. The van der Waals surface area contributed by atoms with E-state index in [9.17, 15) is 0 Å². The molecule has 0 aliphatic rings. The first-order chi connectivity index (χ1) is 6.85. The van der Waals surface area contributed by atoms with E-state index >= 15 is 0 Å². The van der Waals surface area contributed by atoms with Crippen LogP contribution in [0.4, 0.5) is 0 Å².